The number of rotatable bonds is 7. The smallest absolute Gasteiger partial charge is 0.122 e. The van der Waals surface area contributed by atoms with Crippen LogP contribution >= 0.6 is 15.9 Å². The Morgan fingerprint density at radius 3 is 2.62 bits per heavy atom. The van der Waals surface area contributed by atoms with E-state index in [9.17, 15) is 0 Å². The van der Waals surface area contributed by atoms with Crippen molar-refractivity contribution >= 4 is 15.9 Å². The second kappa shape index (κ2) is 8.19. The van der Waals surface area contributed by atoms with Crippen LogP contribution in [0.2, 0.25) is 0 Å². The summed E-state index contributed by atoms with van der Waals surface area (Å²) in [5.74, 6) is 2.59. The molecule has 2 rings (SSSR count). The van der Waals surface area contributed by atoms with Gasteiger partial charge in [-0.1, -0.05) is 55.5 Å². The van der Waals surface area contributed by atoms with Gasteiger partial charge in [-0.25, -0.2) is 0 Å². The predicted octanol–water partition coefficient (Wildman–Crippen LogP) is 4.80. The highest BCUT2D eigenvalue weighted by Crippen LogP contribution is 2.35. The summed E-state index contributed by atoms with van der Waals surface area (Å²) < 4.78 is 6.69. The largest absolute Gasteiger partial charge is 0.496 e. The quantitative estimate of drug-likeness (QED) is 0.759. The summed E-state index contributed by atoms with van der Waals surface area (Å²) in [6.45, 7) is 5.56. The van der Waals surface area contributed by atoms with Gasteiger partial charge in [0.25, 0.3) is 0 Å². The molecule has 0 bridgehead atoms. The second-order valence-corrected chi connectivity index (χ2v) is 7.44. The zero-order chi connectivity index (χ0) is 15.2. The maximum absolute atomic E-state index is 5.55. The molecule has 0 amide bonds. The third-order valence-electron chi connectivity index (χ3n) is 4.58. The molecule has 1 aromatic carbocycles. The molecule has 21 heavy (non-hydrogen) atoms. The Kier molecular flexibility index (Phi) is 6.56. The van der Waals surface area contributed by atoms with Crippen molar-refractivity contribution in [2.45, 2.75) is 52.0 Å². The molecule has 3 heteroatoms. The average Bonchev–Trinajstić information content (AvgIpc) is 2.97. The van der Waals surface area contributed by atoms with E-state index in [0.717, 1.165) is 29.1 Å². The van der Waals surface area contributed by atoms with E-state index in [-0.39, 0.29) is 0 Å². The molecule has 1 aliphatic carbocycles. The van der Waals surface area contributed by atoms with Crippen molar-refractivity contribution in [1.29, 1.82) is 0 Å². The second-order valence-electron chi connectivity index (χ2n) is 6.53. The average molecular weight is 354 g/mol. The summed E-state index contributed by atoms with van der Waals surface area (Å²) >= 11 is 3.59. The molecule has 1 saturated carbocycles. The maximum atomic E-state index is 5.55. The Bertz CT molecular complexity index is 441. The molecule has 0 heterocycles. The van der Waals surface area contributed by atoms with Gasteiger partial charge >= 0.3 is 0 Å². The SMILES string of the molecule is COc1ccc(Br)cc1CC(CNC(C)C)C1CCCC1. The molecule has 0 radical (unpaired) electrons. The summed E-state index contributed by atoms with van der Waals surface area (Å²) in [6, 6.07) is 6.90. The Balaban J connectivity index is 2.11. The summed E-state index contributed by atoms with van der Waals surface area (Å²) in [4.78, 5) is 0. The first-order chi connectivity index (χ1) is 10.1. The van der Waals surface area contributed by atoms with Crippen LogP contribution in [0.15, 0.2) is 22.7 Å². The minimum absolute atomic E-state index is 0.554. The molecule has 1 unspecified atom stereocenters. The molecule has 2 nitrogen and oxygen atoms in total. The summed E-state index contributed by atoms with van der Waals surface area (Å²) in [5, 5.41) is 3.64. The number of ether oxygens (including phenoxy) is 1. The lowest BCUT2D eigenvalue weighted by Crippen LogP contribution is -2.33. The fourth-order valence-electron chi connectivity index (χ4n) is 3.41. The van der Waals surface area contributed by atoms with Crippen molar-refractivity contribution in [1.82, 2.24) is 5.32 Å². The Hall–Kier alpha value is -0.540. The minimum Gasteiger partial charge on any atom is -0.496 e. The van der Waals surface area contributed by atoms with Crippen LogP contribution in [0, 0.1) is 11.8 Å². The highest BCUT2D eigenvalue weighted by atomic mass is 79.9. The van der Waals surface area contributed by atoms with Crippen molar-refractivity contribution in [2.75, 3.05) is 13.7 Å². The molecule has 0 spiro atoms. The molecular formula is C18H28BrNO. The fourth-order valence-corrected chi connectivity index (χ4v) is 3.82. The van der Waals surface area contributed by atoms with Crippen molar-refractivity contribution in [3.63, 3.8) is 0 Å². The summed E-state index contributed by atoms with van der Waals surface area (Å²) in [7, 11) is 1.77. The molecular weight excluding hydrogens is 326 g/mol. The van der Waals surface area contributed by atoms with E-state index >= 15 is 0 Å². The summed E-state index contributed by atoms with van der Waals surface area (Å²) in [5.41, 5.74) is 1.33. The van der Waals surface area contributed by atoms with Crippen molar-refractivity contribution < 1.29 is 4.74 Å². The Morgan fingerprint density at radius 1 is 1.29 bits per heavy atom. The Labute approximate surface area is 137 Å². The van der Waals surface area contributed by atoms with Gasteiger partial charge in [-0.15, -0.1) is 0 Å². The Morgan fingerprint density at radius 2 is 2.00 bits per heavy atom. The van der Waals surface area contributed by atoms with Crippen molar-refractivity contribution in [3.05, 3.63) is 28.2 Å². The molecule has 1 aromatic rings. The van der Waals surface area contributed by atoms with Crippen LogP contribution in [0.4, 0.5) is 0 Å². The van der Waals surface area contributed by atoms with Crippen LogP contribution in [0.25, 0.3) is 0 Å². The zero-order valence-corrected chi connectivity index (χ0v) is 15.1. The van der Waals surface area contributed by atoms with Crippen molar-refractivity contribution in [3.8, 4) is 5.75 Å². The lowest BCUT2D eigenvalue weighted by Gasteiger charge is -2.26. The van der Waals surface area contributed by atoms with E-state index in [1.807, 2.05) is 0 Å². The number of nitrogens with one attached hydrogen (secondary N) is 1. The third-order valence-corrected chi connectivity index (χ3v) is 5.07. The van der Waals surface area contributed by atoms with E-state index in [1.165, 1.54) is 31.2 Å². The third kappa shape index (κ3) is 5.00. The van der Waals surface area contributed by atoms with Crippen LogP contribution in [-0.2, 0) is 6.42 Å². The fraction of sp³-hybridized carbons (Fsp3) is 0.667. The number of methoxy groups -OCH3 is 1. The monoisotopic (exact) mass is 353 g/mol. The number of halogens is 1. The van der Waals surface area contributed by atoms with Crippen LogP contribution in [0.3, 0.4) is 0 Å². The first-order valence-corrected chi connectivity index (χ1v) is 8.95. The molecule has 0 saturated heterocycles. The van der Waals surface area contributed by atoms with Crippen molar-refractivity contribution in [2.24, 2.45) is 11.8 Å². The van der Waals surface area contributed by atoms with Gasteiger partial charge in [-0.3, -0.25) is 0 Å². The predicted molar refractivity (Wildman–Crippen MR) is 93.0 cm³/mol. The minimum atomic E-state index is 0.554. The molecule has 1 atom stereocenters. The molecule has 0 aromatic heterocycles. The van der Waals surface area contributed by atoms with E-state index in [4.69, 9.17) is 4.74 Å². The molecule has 1 N–H and O–H groups in total. The van der Waals surface area contributed by atoms with E-state index in [2.05, 4.69) is 53.3 Å². The lowest BCUT2D eigenvalue weighted by molar-refractivity contribution is 0.308. The summed E-state index contributed by atoms with van der Waals surface area (Å²) in [6.07, 6.45) is 6.69. The molecule has 1 fully saturated rings. The molecule has 118 valence electrons. The van der Waals surface area contributed by atoms with E-state index in [0.29, 0.717) is 12.0 Å². The van der Waals surface area contributed by atoms with Gasteiger partial charge in [-0.2, -0.15) is 0 Å². The number of benzene rings is 1. The number of hydrogen-bond donors (Lipinski definition) is 1. The van der Waals surface area contributed by atoms with Gasteiger partial charge in [0.15, 0.2) is 0 Å². The van der Waals surface area contributed by atoms with Crippen LogP contribution in [0.1, 0.15) is 45.1 Å². The number of hydrogen-bond acceptors (Lipinski definition) is 2. The highest BCUT2D eigenvalue weighted by Gasteiger charge is 2.26. The molecule has 1 aliphatic rings. The van der Waals surface area contributed by atoms with Gasteiger partial charge in [0.05, 0.1) is 7.11 Å². The normalized spacial score (nSPS) is 17.4. The lowest BCUT2D eigenvalue weighted by atomic mass is 9.85. The standard InChI is InChI=1S/C18H28BrNO/c1-13(2)20-12-16(14-6-4-5-7-14)10-15-11-17(19)8-9-18(15)21-3/h8-9,11,13-14,16,20H,4-7,10,12H2,1-3H3. The van der Waals surface area contributed by atoms with Crippen LogP contribution in [-0.4, -0.2) is 19.7 Å². The van der Waals surface area contributed by atoms with Gasteiger partial charge in [0.2, 0.25) is 0 Å². The van der Waals surface area contributed by atoms with Gasteiger partial charge in [0.1, 0.15) is 5.75 Å². The maximum Gasteiger partial charge on any atom is 0.122 e. The van der Waals surface area contributed by atoms with Crippen LogP contribution < -0.4 is 10.1 Å². The zero-order valence-electron chi connectivity index (χ0n) is 13.5. The van der Waals surface area contributed by atoms with Crippen LogP contribution in [0.5, 0.6) is 5.75 Å². The van der Waals surface area contributed by atoms with E-state index in [1.54, 1.807) is 7.11 Å². The van der Waals surface area contributed by atoms with Gasteiger partial charge in [0, 0.05) is 10.5 Å². The first-order valence-electron chi connectivity index (χ1n) is 8.16. The topological polar surface area (TPSA) is 21.3 Å². The van der Waals surface area contributed by atoms with Gasteiger partial charge < -0.3 is 10.1 Å². The van der Waals surface area contributed by atoms with Gasteiger partial charge in [-0.05, 0) is 48.6 Å². The molecule has 0 aliphatic heterocycles. The first kappa shape index (κ1) is 16.8. The highest BCUT2D eigenvalue weighted by molar-refractivity contribution is 9.10. The van der Waals surface area contributed by atoms with E-state index < -0.39 is 0 Å².